The molecule has 0 aromatic heterocycles. The van der Waals surface area contributed by atoms with Gasteiger partial charge in [-0.25, -0.2) is 13.6 Å². The smallest absolute Gasteiger partial charge is 0.394 e. The van der Waals surface area contributed by atoms with Gasteiger partial charge in [-0.2, -0.15) is 13.2 Å². The van der Waals surface area contributed by atoms with Gasteiger partial charge in [0, 0.05) is 17.9 Å². The summed E-state index contributed by atoms with van der Waals surface area (Å²) in [7, 11) is 0. The molecule has 0 aliphatic heterocycles. The molecular weight excluding hydrogens is 363 g/mol. The minimum absolute atomic E-state index is 0.173. The number of esters is 2. The van der Waals surface area contributed by atoms with Gasteiger partial charge in [-0.15, -0.1) is 0 Å². The first-order valence-corrected chi connectivity index (χ1v) is 8.35. The van der Waals surface area contributed by atoms with Crippen LogP contribution in [-0.4, -0.2) is 36.7 Å². The van der Waals surface area contributed by atoms with Gasteiger partial charge < -0.3 is 9.47 Å². The predicted molar refractivity (Wildman–Crippen MR) is 80.2 cm³/mol. The van der Waals surface area contributed by atoms with Crippen LogP contribution in [0.3, 0.4) is 0 Å². The molecule has 9 heteroatoms. The van der Waals surface area contributed by atoms with E-state index in [0.29, 0.717) is 19.3 Å². The van der Waals surface area contributed by atoms with Gasteiger partial charge in [0.05, 0.1) is 12.5 Å². The first-order chi connectivity index (χ1) is 11.9. The minimum atomic E-state index is -4.99. The fraction of sp³-hybridized carbons (Fsp3) is 0.765. The van der Waals surface area contributed by atoms with Crippen molar-refractivity contribution in [1.82, 2.24) is 0 Å². The van der Waals surface area contributed by atoms with Crippen LogP contribution in [0, 0.1) is 17.8 Å². The lowest BCUT2D eigenvalue weighted by Crippen LogP contribution is -2.35. The van der Waals surface area contributed by atoms with Gasteiger partial charge >= 0.3 is 18.1 Å². The molecule has 2 fully saturated rings. The van der Waals surface area contributed by atoms with E-state index in [1.807, 2.05) is 0 Å². The maximum absolute atomic E-state index is 13.2. The molecule has 0 N–H and O–H groups in total. The SMILES string of the molecule is C=C(C)C(=O)OC1CC2CC(C(=O)OCCC(F)(F)CC(F)(F)F)C1C2. The van der Waals surface area contributed by atoms with Gasteiger partial charge in [0.15, 0.2) is 0 Å². The second-order valence-corrected chi connectivity index (χ2v) is 7.13. The van der Waals surface area contributed by atoms with Crippen molar-refractivity contribution in [1.29, 1.82) is 0 Å². The van der Waals surface area contributed by atoms with E-state index in [2.05, 4.69) is 6.58 Å². The lowest BCUT2D eigenvalue weighted by molar-refractivity contribution is -0.192. The quantitative estimate of drug-likeness (QED) is 0.378. The second kappa shape index (κ2) is 7.52. The van der Waals surface area contributed by atoms with Gasteiger partial charge in [-0.3, -0.25) is 4.79 Å². The molecule has 2 bridgehead atoms. The van der Waals surface area contributed by atoms with Crippen LogP contribution in [0.2, 0.25) is 0 Å². The summed E-state index contributed by atoms with van der Waals surface area (Å²) in [6.07, 6.45) is -7.09. The van der Waals surface area contributed by atoms with Gasteiger partial charge in [0.25, 0.3) is 5.92 Å². The molecule has 0 heterocycles. The third-order valence-corrected chi connectivity index (χ3v) is 4.83. The summed E-state index contributed by atoms with van der Waals surface area (Å²) < 4.78 is 72.7. The molecule has 0 saturated heterocycles. The Labute approximate surface area is 147 Å². The van der Waals surface area contributed by atoms with E-state index in [4.69, 9.17) is 9.47 Å². The van der Waals surface area contributed by atoms with Gasteiger partial charge in [0.1, 0.15) is 12.5 Å². The highest BCUT2D eigenvalue weighted by Crippen LogP contribution is 2.50. The molecule has 2 rings (SSSR count). The minimum Gasteiger partial charge on any atom is -0.465 e. The normalized spacial score (nSPS) is 28.1. The van der Waals surface area contributed by atoms with Crippen LogP contribution in [0.25, 0.3) is 0 Å². The Morgan fingerprint density at radius 2 is 1.77 bits per heavy atom. The lowest BCUT2D eigenvalue weighted by Gasteiger charge is -2.28. The van der Waals surface area contributed by atoms with E-state index in [9.17, 15) is 31.5 Å². The molecule has 4 atom stereocenters. The molecule has 2 aliphatic carbocycles. The summed E-state index contributed by atoms with van der Waals surface area (Å²) in [5, 5.41) is 0. The van der Waals surface area contributed by atoms with E-state index >= 15 is 0 Å². The summed E-state index contributed by atoms with van der Waals surface area (Å²) in [6.45, 7) is 4.20. The summed E-state index contributed by atoms with van der Waals surface area (Å²) >= 11 is 0. The summed E-state index contributed by atoms with van der Waals surface area (Å²) in [5.41, 5.74) is 0.235. The van der Waals surface area contributed by atoms with Crippen molar-refractivity contribution in [2.75, 3.05) is 6.61 Å². The maximum atomic E-state index is 13.2. The van der Waals surface area contributed by atoms with Crippen molar-refractivity contribution < 1.29 is 41.0 Å². The van der Waals surface area contributed by atoms with E-state index in [1.165, 1.54) is 6.92 Å². The van der Waals surface area contributed by atoms with Crippen LogP contribution in [0.15, 0.2) is 12.2 Å². The Balaban J connectivity index is 1.83. The van der Waals surface area contributed by atoms with Crippen LogP contribution in [-0.2, 0) is 19.1 Å². The average Bonchev–Trinajstić information content (AvgIpc) is 3.03. The molecule has 2 saturated carbocycles. The van der Waals surface area contributed by atoms with Crippen molar-refractivity contribution in [3.05, 3.63) is 12.2 Å². The Morgan fingerprint density at radius 3 is 2.31 bits per heavy atom. The van der Waals surface area contributed by atoms with Crippen molar-refractivity contribution in [2.45, 2.75) is 57.2 Å². The summed E-state index contributed by atoms with van der Waals surface area (Å²) in [6, 6.07) is 0. The fourth-order valence-corrected chi connectivity index (χ4v) is 3.72. The maximum Gasteiger partial charge on any atom is 0.394 e. The monoisotopic (exact) mass is 384 g/mol. The van der Waals surface area contributed by atoms with Crippen LogP contribution < -0.4 is 0 Å². The molecule has 0 aromatic carbocycles. The largest absolute Gasteiger partial charge is 0.465 e. The molecular formula is C17H21F5O4. The molecule has 4 nitrogen and oxygen atoms in total. The number of carbonyl (C=O) groups excluding carboxylic acids is 2. The number of fused-ring (bicyclic) bond motifs is 2. The number of hydrogen-bond donors (Lipinski definition) is 0. The molecule has 2 aliphatic rings. The highest BCUT2D eigenvalue weighted by molar-refractivity contribution is 5.87. The topological polar surface area (TPSA) is 52.6 Å². The molecule has 4 unspecified atom stereocenters. The number of rotatable bonds is 7. The highest BCUT2D eigenvalue weighted by Gasteiger charge is 2.51. The van der Waals surface area contributed by atoms with Crippen LogP contribution in [0.4, 0.5) is 22.0 Å². The van der Waals surface area contributed by atoms with E-state index in [1.54, 1.807) is 0 Å². The Bertz CT molecular complexity index is 572. The van der Waals surface area contributed by atoms with Crippen molar-refractivity contribution in [3.63, 3.8) is 0 Å². The van der Waals surface area contributed by atoms with Crippen LogP contribution in [0.5, 0.6) is 0 Å². The molecule has 0 amide bonds. The van der Waals surface area contributed by atoms with Crippen LogP contribution in [0.1, 0.15) is 39.0 Å². The lowest BCUT2D eigenvalue weighted by atomic mass is 9.86. The molecule has 26 heavy (non-hydrogen) atoms. The number of hydrogen-bond acceptors (Lipinski definition) is 4. The standard InChI is InChI=1S/C17H21F5O4/c1-9(2)14(23)26-13-7-10-5-11(13)12(6-10)15(24)25-4-3-16(18,19)8-17(20,21)22/h10-13H,1,3-8H2,2H3. The molecule has 148 valence electrons. The Morgan fingerprint density at radius 1 is 1.12 bits per heavy atom. The fourth-order valence-electron chi connectivity index (χ4n) is 3.72. The van der Waals surface area contributed by atoms with Gasteiger partial charge in [0.2, 0.25) is 0 Å². The summed E-state index contributed by atoms with van der Waals surface area (Å²) in [4.78, 5) is 23.8. The second-order valence-electron chi connectivity index (χ2n) is 7.13. The highest BCUT2D eigenvalue weighted by atomic mass is 19.4. The zero-order valence-corrected chi connectivity index (χ0v) is 14.3. The molecule has 0 aromatic rings. The Hall–Kier alpha value is -1.67. The average molecular weight is 384 g/mol. The third kappa shape index (κ3) is 5.41. The first kappa shape index (κ1) is 20.6. The first-order valence-electron chi connectivity index (χ1n) is 8.35. The number of ether oxygens (including phenoxy) is 2. The zero-order valence-electron chi connectivity index (χ0n) is 14.3. The molecule has 0 spiro atoms. The number of alkyl halides is 5. The van der Waals surface area contributed by atoms with Crippen LogP contribution >= 0.6 is 0 Å². The van der Waals surface area contributed by atoms with Crippen molar-refractivity contribution >= 4 is 11.9 Å². The van der Waals surface area contributed by atoms with E-state index in [-0.39, 0.29) is 17.4 Å². The van der Waals surface area contributed by atoms with E-state index < -0.39 is 55.5 Å². The summed E-state index contributed by atoms with van der Waals surface area (Å²) in [5.74, 6) is -5.93. The van der Waals surface area contributed by atoms with Crippen molar-refractivity contribution in [3.8, 4) is 0 Å². The third-order valence-electron chi connectivity index (χ3n) is 4.83. The Kier molecular flexibility index (Phi) is 5.97. The predicted octanol–water partition coefficient (Wildman–Crippen LogP) is 4.04. The number of halogens is 5. The molecule has 0 radical (unpaired) electrons. The number of carbonyl (C=O) groups is 2. The van der Waals surface area contributed by atoms with E-state index in [0.717, 1.165) is 0 Å². The van der Waals surface area contributed by atoms with Crippen molar-refractivity contribution in [2.24, 2.45) is 17.8 Å². The van der Waals surface area contributed by atoms with Gasteiger partial charge in [-0.1, -0.05) is 6.58 Å². The van der Waals surface area contributed by atoms with Gasteiger partial charge in [-0.05, 0) is 32.1 Å². The zero-order chi connectivity index (χ0) is 19.7.